The predicted octanol–water partition coefficient (Wildman–Crippen LogP) is 4.24. The minimum atomic E-state index is -0.0461. The van der Waals surface area contributed by atoms with E-state index in [1.165, 1.54) is 12.1 Å². The van der Waals surface area contributed by atoms with Crippen LogP contribution in [0.4, 0.5) is 5.69 Å². The van der Waals surface area contributed by atoms with Crippen LogP contribution in [0.2, 0.25) is 10.0 Å². The van der Waals surface area contributed by atoms with Gasteiger partial charge in [0.1, 0.15) is 11.5 Å². The monoisotopic (exact) mass is 310 g/mol. The molecule has 20 heavy (non-hydrogen) atoms. The van der Waals surface area contributed by atoms with Crippen LogP contribution in [0.5, 0.6) is 11.5 Å². The molecule has 0 aromatic heterocycles. The van der Waals surface area contributed by atoms with Crippen molar-refractivity contribution in [1.82, 2.24) is 0 Å². The van der Waals surface area contributed by atoms with Gasteiger partial charge in [-0.25, -0.2) is 0 Å². The number of hydrogen-bond donors (Lipinski definition) is 3. The van der Waals surface area contributed by atoms with E-state index < -0.39 is 0 Å². The fraction of sp³-hybridized carbons (Fsp3) is 0.0714. The van der Waals surface area contributed by atoms with Crippen molar-refractivity contribution in [2.75, 3.05) is 5.43 Å². The van der Waals surface area contributed by atoms with Crippen LogP contribution in [0, 0.1) is 0 Å². The van der Waals surface area contributed by atoms with Gasteiger partial charge in [-0.15, -0.1) is 0 Å². The van der Waals surface area contributed by atoms with Crippen LogP contribution in [0.15, 0.2) is 41.5 Å². The molecule has 104 valence electrons. The van der Waals surface area contributed by atoms with Crippen LogP contribution >= 0.6 is 23.2 Å². The van der Waals surface area contributed by atoms with Crippen molar-refractivity contribution in [3.8, 4) is 11.5 Å². The van der Waals surface area contributed by atoms with E-state index in [9.17, 15) is 10.2 Å². The fourth-order valence-corrected chi connectivity index (χ4v) is 2.06. The summed E-state index contributed by atoms with van der Waals surface area (Å²) in [4.78, 5) is 0. The van der Waals surface area contributed by atoms with E-state index in [4.69, 9.17) is 23.2 Å². The summed E-state index contributed by atoms with van der Waals surface area (Å²) in [6.45, 7) is 1.73. The first kappa shape index (κ1) is 14.5. The molecular weight excluding hydrogens is 299 g/mol. The van der Waals surface area contributed by atoms with E-state index in [2.05, 4.69) is 10.5 Å². The predicted molar refractivity (Wildman–Crippen MR) is 82.1 cm³/mol. The van der Waals surface area contributed by atoms with Crippen LogP contribution in [0.25, 0.3) is 0 Å². The molecule has 0 saturated heterocycles. The molecule has 0 aliphatic rings. The molecule has 0 heterocycles. The summed E-state index contributed by atoms with van der Waals surface area (Å²) < 4.78 is 0. The van der Waals surface area contributed by atoms with Gasteiger partial charge in [0.05, 0.1) is 16.4 Å². The van der Waals surface area contributed by atoms with E-state index in [1.54, 1.807) is 31.2 Å². The van der Waals surface area contributed by atoms with Gasteiger partial charge < -0.3 is 10.2 Å². The van der Waals surface area contributed by atoms with Crippen LogP contribution in [0.1, 0.15) is 12.5 Å². The van der Waals surface area contributed by atoms with Crippen LogP contribution in [-0.2, 0) is 0 Å². The summed E-state index contributed by atoms with van der Waals surface area (Å²) in [5.41, 5.74) is 4.47. The Morgan fingerprint density at radius 3 is 2.50 bits per heavy atom. The number of halogens is 2. The Morgan fingerprint density at radius 1 is 1.10 bits per heavy atom. The number of rotatable bonds is 3. The Balaban J connectivity index is 2.22. The average Bonchev–Trinajstić information content (AvgIpc) is 2.37. The van der Waals surface area contributed by atoms with Crippen LogP contribution < -0.4 is 5.43 Å². The number of benzene rings is 2. The second kappa shape index (κ2) is 6.03. The number of nitrogens with zero attached hydrogens (tertiary/aromatic N) is 1. The van der Waals surface area contributed by atoms with E-state index >= 15 is 0 Å². The minimum absolute atomic E-state index is 0.00671. The van der Waals surface area contributed by atoms with Crippen molar-refractivity contribution in [2.45, 2.75) is 6.92 Å². The highest BCUT2D eigenvalue weighted by atomic mass is 35.5. The molecule has 0 bridgehead atoms. The lowest BCUT2D eigenvalue weighted by molar-refractivity contribution is 0.450. The Bertz CT molecular complexity index is 672. The Kier molecular flexibility index (Phi) is 4.37. The van der Waals surface area contributed by atoms with Gasteiger partial charge in [0.25, 0.3) is 0 Å². The second-order valence-corrected chi connectivity index (χ2v) is 4.98. The van der Waals surface area contributed by atoms with Crippen molar-refractivity contribution in [3.63, 3.8) is 0 Å². The van der Waals surface area contributed by atoms with E-state index in [0.29, 0.717) is 27.0 Å². The van der Waals surface area contributed by atoms with Gasteiger partial charge in [-0.05, 0) is 37.3 Å². The van der Waals surface area contributed by atoms with Crippen molar-refractivity contribution >= 4 is 34.6 Å². The van der Waals surface area contributed by atoms with Crippen molar-refractivity contribution < 1.29 is 10.2 Å². The zero-order chi connectivity index (χ0) is 14.7. The maximum Gasteiger partial charge on any atom is 0.128 e. The Labute approximate surface area is 126 Å². The van der Waals surface area contributed by atoms with Crippen molar-refractivity contribution in [1.29, 1.82) is 0 Å². The molecule has 0 atom stereocenters. The molecule has 6 heteroatoms. The molecule has 2 aromatic carbocycles. The van der Waals surface area contributed by atoms with Gasteiger partial charge in [0.15, 0.2) is 0 Å². The average molecular weight is 311 g/mol. The standard InChI is InChI=1S/C14H12Cl2N2O2/c1-8(11-4-3-10(19)7-14(11)20)17-18-13-5-2-9(15)6-12(13)16/h2-7,18-20H,1H3/b17-8-. The van der Waals surface area contributed by atoms with Gasteiger partial charge in [-0.2, -0.15) is 5.10 Å². The maximum atomic E-state index is 9.74. The molecule has 4 nitrogen and oxygen atoms in total. The lowest BCUT2D eigenvalue weighted by Crippen LogP contribution is -2.00. The van der Waals surface area contributed by atoms with E-state index in [-0.39, 0.29) is 11.5 Å². The summed E-state index contributed by atoms with van der Waals surface area (Å²) in [6.07, 6.45) is 0. The third kappa shape index (κ3) is 3.35. The SMILES string of the molecule is C/C(=N/Nc1ccc(Cl)cc1Cl)c1ccc(O)cc1O. The highest BCUT2D eigenvalue weighted by Crippen LogP contribution is 2.26. The highest BCUT2D eigenvalue weighted by molar-refractivity contribution is 6.36. The first-order chi connectivity index (χ1) is 9.47. The highest BCUT2D eigenvalue weighted by Gasteiger charge is 2.06. The first-order valence-corrected chi connectivity index (χ1v) is 6.50. The summed E-state index contributed by atoms with van der Waals surface area (Å²) >= 11 is 11.8. The van der Waals surface area contributed by atoms with Gasteiger partial charge in [0.2, 0.25) is 0 Å². The zero-order valence-electron chi connectivity index (χ0n) is 10.6. The number of phenolic OH excluding ortho intramolecular Hbond substituents is 2. The number of aromatic hydroxyl groups is 2. The number of hydrazone groups is 1. The normalized spacial score (nSPS) is 11.4. The minimum Gasteiger partial charge on any atom is -0.508 e. The topological polar surface area (TPSA) is 64.9 Å². The van der Waals surface area contributed by atoms with Gasteiger partial charge in [-0.1, -0.05) is 23.2 Å². The molecule has 0 saturated carbocycles. The fourth-order valence-electron chi connectivity index (χ4n) is 1.61. The number of hydrogen-bond acceptors (Lipinski definition) is 4. The quantitative estimate of drug-likeness (QED) is 0.587. The van der Waals surface area contributed by atoms with Crippen molar-refractivity contribution in [3.05, 3.63) is 52.0 Å². The summed E-state index contributed by atoms with van der Waals surface area (Å²) in [5, 5.41) is 24.1. The maximum absolute atomic E-state index is 9.74. The molecule has 0 fully saturated rings. The van der Waals surface area contributed by atoms with Crippen molar-refractivity contribution in [2.24, 2.45) is 5.10 Å². The molecule has 0 aliphatic carbocycles. The zero-order valence-corrected chi connectivity index (χ0v) is 12.1. The van der Waals surface area contributed by atoms with Gasteiger partial charge in [0, 0.05) is 16.7 Å². The Morgan fingerprint density at radius 2 is 1.85 bits per heavy atom. The summed E-state index contributed by atoms with van der Waals surface area (Å²) in [7, 11) is 0. The number of phenols is 2. The third-order valence-corrected chi connectivity index (χ3v) is 3.19. The number of anilines is 1. The molecule has 3 N–H and O–H groups in total. The van der Waals surface area contributed by atoms with E-state index in [1.807, 2.05) is 0 Å². The summed E-state index contributed by atoms with van der Waals surface area (Å²) in [5.74, 6) is -0.0528. The molecule has 2 aromatic rings. The molecule has 0 unspecified atom stereocenters. The van der Waals surface area contributed by atoms with Crippen LogP contribution in [-0.4, -0.2) is 15.9 Å². The first-order valence-electron chi connectivity index (χ1n) is 5.75. The molecule has 0 spiro atoms. The molecule has 2 rings (SSSR count). The smallest absolute Gasteiger partial charge is 0.128 e. The lowest BCUT2D eigenvalue weighted by Gasteiger charge is -2.07. The Hall–Kier alpha value is -1.91. The summed E-state index contributed by atoms with van der Waals surface area (Å²) in [6, 6.07) is 9.31. The lowest BCUT2D eigenvalue weighted by atomic mass is 10.1. The third-order valence-electron chi connectivity index (χ3n) is 2.65. The van der Waals surface area contributed by atoms with Gasteiger partial charge >= 0.3 is 0 Å². The largest absolute Gasteiger partial charge is 0.508 e. The molecule has 0 radical (unpaired) electrons. The second-order valence-electron chi connectivity index (χ2n) is 4.13. The van der Waals surface area contributed by atoms with E-state index in [0.717, 1.165) is 0 Å². The molecular formula is C14H12Cl2N2O2. The van der Waals surface area contributed by atoms with Crippen LogP contribution in [0.3, 0.4) is 0 Å². The molecule has 0 amide bonds. The molecule has 0 aliphatic heterocycles. The van der Waals surface area contributed by atoms with Gasteiger partial charge in [-0.3, -0.25) is 5.43 Å². The number of nitrogens with one attached hydrogen (secondary N) is 1.